The van der Waals surface area contributed by atoms with Crippen LogP contribution in [0.5, 0.6) is 0 Å². The zero-order chi connectivity index (χ0) is 24.1. The van der Waals surface area contributed by atoms with Crippen molar-refractivity contribution in [2.24, 2.45) is 4.99 Å². The Morgan fingerprint density at radius 1 is 1.03 bits per heavy atom. The molecule has 0 aromatic heterocycles. The Morgan fingerprint density at radius 3 is 2.29 bits per heavy atom. The number of amides is 1. The standard InChI is InChI=1S/C24H32N6O3S/c1-18(2)34(32,33)30-15-13-29(14-16-30)22-9-5-20(6-10-22)23(31)27-17-19-3-7-21(8-4-19)28-24-25-11-12-26-24/h3-10,18H,11-17H2,1-2H3,(H,27,31)(H2,25,26,28). The highest BCUT2D eigenvalue weighted by Crippen LogP contribution is 2.20. The Labute approximate surface area is 201 Å². The van der Waals surface area contributed by atoms with Gasteiger partial charge in [0.1, 0.15) is 0 Å². The van der Waals surface area contributed by atoms with E-state index in [4.69, 9.17) is 0 Å². The summed E-state index contributed by atoms with van der Waals surface area (Å²) in [6.45, 7) is 7.71. The van der Waals surface area contributed by atoms with Crippen molar-refractivity contribution < 1.29 is 13.2 Å². The Hall–Kier alpha value is -3.11. The molecular formula is C24H32N6O3S. The Bertz CT molecular complexity index is 1120. The smallest absolute Gasteiger partial charge is 0.251 e. The molecule has 0 bridgehead atoms. The molecule has 10 heteroatoms. The van der Waals surface area contributed by atoms with Gasteiger partial charge in [-0.2, -0.15) is 4.31 Å². The number of piperazine rings is 1. The summed E-state index contributed by atoms with van der Waals surface area (Å²) in [5, 5.41) is 8.94. The quantitative estimate of drug-likeness (QED) is 0.554. The topological polar surface area (TPSA) is 106 Å². The average Bonchev–Trinajstić information content (AvgIpc) is 3.36. The number of carbonyl (C=O) groups excluding carboxylic acids is 1. The van der Waals surface area contributed by atoms with Crippen LogP contribution in [0.2, 0.25) is 0 Å². The van der Waals surface area contributed by atoms with Crippen LogP contribution in [-0.2, 0) is 16.6 Å². The summed E-state index contributed by atoms with van der Waals surface area (Å²) in [5.74, 6) is 0.651. The van der Waals surface area contributed by atoms with Crippen molar-refractivity contribution in [3.8, 4) is 0 Å². The van der Waals surface area contributed by atoms with Crippen LogP contribution in [0.3, 0.4) is 0 Å². The third-order valence-corrected chi connectivity index (χ3v) is 8.31. The van der Waals surface area contributed by atoms with Gasteiger partial charge in [0, 0.05) is 56.2 Å². The molecule has 34 heavy (non-hydrogen) atoms. The zero-order valence-corrected chi connectivity index (χ0v) is 20.4. The van der Waals surface area contributed by atoms with Crippen LogP contribution in [0.15, 0.2) is 53.5 Å². The van der Waals surface area contributed by atoms with Crippen LogP contribution in [0.1, 0.15) is 29.8 Å². The maximum atomic E-state index is 12.6. The molecule has 4 rings (SSSR count). The monoisotopic (exact) mass is 484 g/mol. The minimum Gasteiger partial charge on any atom is -0.369 e. The zero-order valence-electron chi connectivity index (χ0n) is 19.6. The van der Waals surface area contributed by atoms with Gasteiger partial charge in [0.2, 0.25) is 10.0 Å². The van der Waals surface area contributed by atoms with Gasteiger partial charge in [-0.05, 0) is 55.8 Å². The van der Waals surface area contributed by atoms with Crippen molar-refractivity contribution >= 4 is 33.3 Å². The number of hydrogen-bond acceptors (Lipinski definition) is 7. The van der Waals surface area contributed by atoms with Crippen LogP contribution in [-0.4, -0.2) is 69.1 Å². The molecule has 1 fully saturated rings. The second-order valence-electron chi connectivity index (χ2n) is 8.69. The third-order valence-electron chi connectivity index (χ3n) is 6.03. The molecule has 0 saturated carbocycles. The van der Waals surface area contributed by atoms with Gasteiger partial charge < -0.3 is 20.9 Å². The van der Waals surface area contributed by atoms with E-state index in [9.17, 15) is 13.2 Å². The molecule has 0 atom stereocenters. The summed E-state index contributed by atoms with van der Waals surface area (Å²) in [6.07, 6.45) is 0. The lowest BCUT2D eigenvalue weighted by atomic mass is 10.1. The summed E-state index contributed by atoms with van der Waals surface area (Å²) >= 11 is 0. The average molecular weight is 485 g/mol. The van der Waals surface area contributed by atoms with E-state index in [0.717, 1.165) is 36.0 Å². The van der Waals surface area contributed by atoms with E-state index >= 15 is 0 Å². The van der Waals surface area contributed by atoms with Crippen molar-refractivity contribution in [1.29, 1.82) is 0 Å². The first-order valence-corrected chi connectivity index (χ1v) is 13.1. The first kappa shape index (κ1) is 24.0. The highest BCUT2D eigenvalue weighted by Gasteiger charge is 2.29. The van der Waals surface area contributed by atoms with Gasteiger partial charge in [-0.1, -0.05) is 12.1 Å². The van der Waals surface area contributed by atoms with E-state index in [1.54, 1.807) is 18.2 Å². The van der Waals surface area contributed by atoms with E-state index in [1.807, 2.05) is 48.5 Å². The van der Waals surface area contributed by atoms with E-state index in [-0.39, 0.29) is 5.91 Å². The summed E-state index contributed by atoms with van der Waals surface area (Å²) in [4.78, 5) is 19.0. The fourth-order valence-corrected chi connectivity index (χ4v) is 5.20. The number of guanidine groups is 1. The van der Waals surface area contributed by atoms with Crippen LogP contribution in [0, 0.1) is 0 Å². The fraction of sp³-hybridized carbons (Fsp3) is 0.417. The number of nitrogens with one attached hydrogen (secondary N) is 3. The fourth-order valence-electron chi connectivity index (χ4n) is 3.93. The van der Waals surface area contributed by atoms with Crippen LogP contribution < -0.4 is 20.9 Å². The lowest BCUT2D eigenvalue weighted by molar-refractivity contribution is 0.0951. The summed E-state index contributed by atoms with van der Waals surface area (Å²) in [6, 6.07) is 15.3. The number of carbonyl (C=O) groups is 1. The van der Waals surface area contributed by atoms with E-state index in [0.29, 0.717) is 38.3 Å². The van der Waals surface area contributed by atoms with Gasteiger partial charge in [0.05, 0.1) is 11.8 Å². The first-order chi connectivity index (χ1) is 16.3. The van der Waals surface area contributed by atoms with Gasteiger partial charge in [-0.25, -0.2) is 8.42 Å². The van der Waals surface area contributed by atoms with Crippen molar-refractivity contribution in [3.05, 3.63) is 59.7 Å². The van der Waals surface area contributed by atoms with Crippen molar-refractivity contribution in [2.75, 3.05) is 49.5 Å². The molecule has 0 aliphatic carbocycles. The number of anilines is 2. The molecule has 9 nitrogen and oxygen atoms in total. The number of rotatable bonds is 7. The van der Waals surface area contributed by atoms with Crippen molar-refractivity contribution in [2.45, 2.75) is 25.6 Å². The summed E-state index contributed by atoms with van der Waals surface area (Å²) < 4.78 is 26.3. The molecular weight excluding hydrogens is 452 g/mol. The molecule has 1 saturated heterocycles. The Kier molecular flexibility index (Phi) is 7.38. The lowest BCUT2D eigenvalue weighted by Gasteiger charge is -2.36. The van der Waals surface area contributed by atoms with Gasteiger partial charge in [0.25, 0.3) is 5.91 Å². The number of aliphatic imine (C=N–C) groups is 1. The minimum absolute atomic E-state index is 0.133. The maximum absolute atomic E-state index is 12.6. The van der Waals surface area contributed by atoms with Crippen LogP contribution in [0.25, 0.3) is 0 Å². The molecule has 2 aliphatic heterocycles. The van der Waals surface area contributed by atoms with E-state index in [2.05, 4.69) is 25.8 Å². The molecule has 0 spiro atoms. The first-order valence-electron chi connectivity index (χ1n) is 11.6. The molecule has 2 aromatic carbocycles. The molecule has 0 radical (unpaired) electrons. The molecule has 1 amide bonds. The third kappa shape index (κ3) is 5.68. The van der Waals surface area contributed by atoms with Gasteiger partial charge in [0.15, 0.2) is 5.96 Å². The highest BCUT2D eigenvalue weighted by molar-refractivity contribution is 7.89. The largest absolute Gasteiger partial charge is 0.369 e. The second kappa shape index (κ2) is 10.4. The Morgan fingerprint density at radius 2 is 1.71 bits per heavy atom. The summed E-state index contributed by atoms with van der Waals surface area (Å²) in [5.41, 5.74) is 3.53. The predicted molar refractivity (Wildman–Crippen MR) is 136 cm³/mol. The SMILES string of the molecule is CC(C)S(=O)(=O)N1CCN(c2ccc(C(=O)NCc3ccc(NC4=NCCN4)cc3)cc2)CC1. The molecule has 2 heterocycles. The van der Waals surface area contributed by atoms with E-state index in [1.165, 1.54) is 0 Å². The molecule has 2 aromatic rings. The predicted octanol–water partition coefficient (Wildman–Crippen LogP) is 1.85. The highest BCUT2D eigenvalue weighted by atomic mass is 32.2. The van der Waals surface area contributed by atoms with Crippen molar-refractivity contribution in [3.63, 3.8) is 0 Å². The van der Waals surface area contributed by atoms with Crippen LogP contribution >= 0.6 is 0 Å². The number of sulfonamides is 1. The second-order valence-corrected chi connectivity index (χ2v) is 11.2. The van der Waals surface area contributed by atoms with E-state index < -0.39 is 15.3 Å². The maximum Gasteiger partial charge on any atom is 0.251 e. The molecule has 182 valence electrons. The summed E-state index contributed by atoms with van der Waals surface area (Å²) in [7, 11) is -3.22. The number of benzene rings is 2. The van der Waals surface area contributed by atoms with Crippen LogP contribution in [0.4, 0.5) is 11.4 Å². The molecule has 3 N–H and O–H groups in total. The molecule has 2 aliphatic rings. The van der Waals surface area contributed by atoms with Gasteiger partial charge in [-0.15, -0.1) is 0 Å². The molecule has 0 unspecified atom stereocenters. The van der Waals surface area contributed by atoms with Gasteiger partial charge in [-0.3, -0.25) is 9.79 Å². The van der Waals surface area contributed by atoms with Crippen molar-refractivity contribution in [1.82, 2.24) is 14.9 Å². The minimum atomic E-state index is -3.22. The normalized spacial score (nSPS) is 16.8. The number of hydrogen-bond donors (Lipinski definition) is 3. The lowest BCUT2D eigenvalue weighted by Crippen LogP contribution is -2.50. The Balaban J connectivity index is 1.26. The number of nitrogens with zero attached hydrogens (tertiary/aromatic N) is 3. The van der Waals surface area contributed by atoms with Gasteiger partial charge >= 0.3 is 0 Å².